The molecule has 520 valence electrons. The van der Waals surface area contributed by atoms with E-state index in [0.717, 1.165) is 51.8 Å². The van der Waals surface area contributed by atoms with Gasteiger partial charge in [-0.05, 0) is 291 Å². The fourth-order valence-electron chi connectivity index (χ4n) is 25.6. The monoisotopic (exact) mass is 1230 g/mol. The van der Waals surface area contributed by atoms with Crippen LogP contribution in [0.15, 0.2) is 0 Å². The van der Waals surface area contributed by atoms with Crippen LogP contribution >= 0.6 is 0 Å². The maximum absolute atomic E-state index is 2.49. The molecule has 0 nitrogen and oxygen atoms in total. The van der Waals surface area contributed by atoms with Gasteiger partial charge in [-0.1, -0.05) is 270 Å². The molecule has 0 radical (unpaired) electrons. The van der Waals surface area contributed by atoms with Crippen LogP contribution in [-0.4, -0.2) is 0 Å². The van der Waals surface area contributed by atoms with Crippen molar-refractivity contribution in [3.05, 3.63) is 0 Å². The third kappa shape index (κ3) is 27.3. The summed E-state index contributed by atoms with van der Waals surface area (Å²) in [6.07, 6.45) is 62.5. The van der Waals surface area contributed by atoms with Gasteiger partial charge >= 0.3 is 0 Å². The predicted molar refractivity (Wildman–Crippen MR) is 396 cm³/mol. The van der Waals surface area contributed by atoms with Crippen molar-refractivity contribution in [1.82, 2.24) is 0 Å². The third-order valence-electron chi connectivity index (χ3n) is 27.1. The molecule has 0 unspecified atom stereocenters. The summed E-state index contributed by atoms with van der Waals surface area (Å²) in [5.74, 6) is 5.95. The largest absolute Gasteiger partial charge is 0.0651 e. The van der Waals surface area contributed by atoms with E-state index >= 15 is 0 Å². The molecular weight excluding hydrogens is 1060 g/mol. The van der Waals surface area contributed by atoms with E-state index in [1.165, 1.54) is 218 Å². The first-order chi connectivity index (χ1) is 40.1. The molecule has 0 aromatic rings. The summed E-state index contributed by atoms with van der Waals surface area (Å²) in [5, 5.41) is 0. The van der Waals surface area contributed by atoms with Gasteiger partial charge in [0.1, 0.15) is 0 Å². The highest BCUT2D eigenvalue weighted by molar-refractivity contribution is 5.00. The molecule has 11 fully saturated rings. The van der Waals surface area contributed by atoms with E-state index in [9.17, 15) is 0 Å². The molecule has 11 saturated carbocycles. The molecule has 0 aliphatic heterocycles. The zero-order chi connectivity index (χ0) is 66.2. The molecule has 0 aromatic carbocycles. The van der Waals surface area contributed by atoms with Crippen LogP contribution in [0.5, 0.6) is 0 Å². The Kier molecular flexibility index (Phi) is 27.7. The van der Waals surface area contributed by atoms with Crippen LogP contribution in [0, 0.1) is 111 Å². The molecule has 0 N–H and O–H groups in total. The molecule has 0 bridgehead atoms. The summed E-state index contributed by atoms with van der Waals surface area (Å²) >= 11 is 0. The van der Waals surface area contributed by atoms with Gasteiger partial charge in [-0.3, -0.25) is 0 Å². The molecule has 0 heteroatoms. The van der Waals surface area contributed by atoms with Crippen LogP contribution in [0.4, 0.5) is 0 Å². The lowest BCUT2D eigenvalue weighted by Crippen LogP contribution is -2.43. The Balaban J connectivity index is 0.000000188. The van der Waals surface area contributed by atoms with Gasteiger partial charge in [-0.25, -0.2) is 0 Å². The van der Waals surface area contributed by atoms with Gasteiger partial charge < -0.3 is 0 Å². The Labute approximate surface area is 557 Å². The lowest BCUT2D eigenvalue weighted by molar-refractivity contribution is -0.0321. The van der Waals surface area contributed by atoms with Gasteiger partial charge in [0.25, 0.3) is 0 Å². The quantitative estimate of drug-likeness (QED) is 0.245. The standard InChI is InChI=1S/C16H30.C14H26.C12H22.2C12H24.C11H20.C11H22/c1-13-6-8-16(9-7-13)11-14(2,3)10-15(4,5)12-16;1-12-4-6-14(7-5-12)10-8-13(2,3)9-11-14;1-11-5-9-12(10-6-11)7-3-2-4-8-12;1-10(2)7-11(3,4)9-12(5,6)8-10;1-6-10-7-11(2,3)9-12(4,5)8-10;1-10-4-8-11(9-5-10)6-2-3-7-11;1-9-6-10(2,3)8-11(4,5)7-9/h13H,6-12H2,1-5H3;12H,4-11H2,1-3H3;11H,2-10H2,1H3;7-9H2,1-6H3;10H,6-9H2,1-5H3;10H,2-9H2,1H3;9H,6-8H2,1-5H3. The Hall–Kier alpha value is 0. The first-order valence-electron chi connectivity index (χ1n) is 40.1. The molecule has 0 saturated heterocycles. The second-order valence-corrected chi connectivity index (χ2v) is 44.8. The van der Waals surface area contributed by atoms with E-state index in [2.05, 4.69) is 180 Å². The van der Waals surface area contributed by atoms with E-state index in [0.29, 0.717) is 59.6 Å². The van der Waals surface area contributed by atoms with E-state index in [-0.39, 0.29) is 0 Å². The lowest BCUT2D eigenvalue weighted by atomic mass is 9.51. The smallest absolute Gasteiger partial charge is 0.0287 e. The average Bonchev–Trinajstić information content (AvgIpc) is 1.75. The Morgan fingerprint density at radius 3 is 0.705 bits per heavy atom. The van der Waals surface area contributed by atoms with Gasteiger partial charge in [0.05, 0.1) is 0 Å². The summed E-state index contributed by atoms with van der Waals surface area (Å²) in [6.45, 7) is 63.1. The minimum absolute atomic E-state index is 0.547. The van der Waals surface area contributed by atoms with Crippen LogP contribution in [0.25, 0.3) is 0 Å². The maximum atomic E-state index is 2.49. The van der Waals surface area contributed by atoms with Crippen molar-refractivity contribution < 1.29 is 0 Å². The molecule has 88 heavy (non-hydrogen) atoms. The molecule has 0 heterocycles. The van der Waals surface area contributed by atoms with Crippen molar-refractivity contribution in [2.45, 2.75) is 450 Å². The van der Waals surface area contributed by atoms with E-state index in [1.54, 1.807) is 51.4 Å². The van der Waals surface area contributed by atoms with Gasteiger partial charge in [-0.2, -0.15) is 0 Å². The summed E-state index contributed by atoms with van der Waals surface area (Å²) in [7, 11) is 0. The zero-order valence-corrected chi connectivity index (χ0v) is 66.2. The minimum atomic E-state index is 0.547. The van der Waals surface area contributed by atoms with Crippen LogP contribution in [0.3, 0.4) is 0 Å². The van der Waals surface area contributed by atoms with Gasteiger partial charge in [0.15, 0.2) is 0 Å². The normalized spacial score (nSPS) is 31.2. The molecule has 0 aromatic heterocycles. The second-order valence-electron chi connectivity index (χ2n) is 44.8. The summed E-state index contributed by atoms with van der Waals surface area (Å²) < 4.78 is 0. The van der Waals surface area contributed by atoms with E-state index < -0.39 is 0 Å². The molecule has 0 amide bonds. The summed E-state index contributed by atoms with van der Waals surface area (Å²) in [6, 6.07) is 0. The maximum Gasteiger partial charge on any atom is -0.0287 e. The molecule has 11 aliphatic rings. The molecule has 11 aliphatic carbocycles. The van der Waals surface area contributed by atoms with Crippen molar-refractivity contribution in [3.63, 3.8) is 0 Å². The molecule has 4 spiro atoms. The lowest BCUT2D eigenvalue weighted by Gasteiger charge is -2.54. The van der Waals surface area contributed by atoms with Crippen molar-refractivity contribution in [2.75, 3.05) is 0 Å². The van der Waals surface area contributed by atoms with Crippen LogP contribution in [0.1, 0.15) is 450 Å². The molecular formula is C88H168. The highest BCUT2D eigenvalue weighted by atomic mass is 14.5. The highest BCUT2D eigenvalue weighted by Crippen LogP contribution is 2.61. The van der Waals surface area contributed by atoms with Crippen LogP contribution in [0.2, 0.25) is 0 Å². The fraction of sp³-hybridized carbons (Fsp3) is 1.00. The predicted octanol–water partition coefficient (Wildman–Crippen LogP) is 30.5. The summed E-state index contributed by atoms with van der Waals surface area (Å²) in [4.78, 5) is 0. The SMILES string of the molecule is CC1(C)CC(C)(C)CC(C)(C)C1.CC1CC(C)(C)CC(C)(C)C1.CC1CCC2(CC1)CC(C)(C)CC(C)(C)C2.CC1CCC2(CC1)CCC(C)(C)CC2.CC1CCC2(CCCC2)CC1.CC1CCC2(CCCCC2)CC1.CCC1CC(C)(C)CC(C)(C)C1. The highest BCUT2D eigenvalue weighted by Gasteiger charge is 2.49. The first-order valence-corrected chi connectivity index (χ1v) is 40.1. The number of rotatable bonds is 1. The molecule has 11 rings (SSSR count). The van der Waals surface area contributed by atoms with Crippen molar-refractivity contribution in [3.8, 4) is 0 Å². The average molecular weight is 1230 g/mol. The third-order valence-corrected chi connectivity index (χ3v) is 27.1. The first kappa shape index (κ1) is 78.7. The van der Waals surface area contributed by atoms with E-state index in [4.69, 9.17) is 0 Å². The Morgan fingerprint density at radius 1 is 0.205 bits per heavy atom. The van der Waals surface area contributed by atoms with Crippen LogP contribution in [-0.2, 0) is 0 Å². The minimum Gasteiger partial charge on any atom is -0.0651 e. The van der Waals surface area contributed by atoms with Gasteiger partial charge in [0, 0.05) is 0 Å². The molecule has 0 atom stereocenters. The van der Waals surface area contributed by atoms with E-state index in [1.807, 2.05) is 0 Å². The Morgan fingerprint density at radius 2 is 0.432 bits per heavy atom. The Bertz CT molecular complexity index is 1860. The topological polar surface area (TPSA) is 0 Å². The number of hydrogen-bond donors (Lipinski definition) is 0. The second kappa shape index (κ2) is 31.0. The van der Waals surface area contributed by atoms with Gasteiger partial charge in [0.2, 0.25) is 0 Å². The zero-order valence-electron chi connectivity index (χ0n) is 66.2. The van der Waals surface area contributed by atoms with Crippen molar-refractivity contribution in [1.29, 1.82) is 0 Å². The summed E-state index contributed by atoms with van der Waals surface area (Å²) in [5.41, 5.74) is 8.96. The number of hydrogen-bond acceptors (Lipinski definition) is 0. The fourth-order valence-corrected chi connectivity index (χ4v) is 25.6. The van der Waals surface area contributed by atoms with Gasteiger partial charge in [-0.15, -0.1) is 0 Å². The van der Waals surface area contributed by atoms with Crippen LogP contribution < -0.4 is 0 Å². The van der Waals surface area contributed by atoms with Crippen molar-refractivity contribution >= 4 is 0 Å². The van der Waals surface area contributed by atoms with Crippen molar-refractivity contribution in [2.24, 2.45) is 111 Å².